The quantitative estimate of drug-likeness (QED) is 0.791. The Balaban J connectivity index is 2.29. The third kappa shape index (κ3) is 1.95. The zero-order chi connectivity index (χ0) is 10.8. The maximum Gasteiger partial charge on any atom is 0.293 e. The number of hydrogen-bond donors (Lipinski definition) is 0. The minimum absolute atomic E-state index is 0.0193. The number of ether oxygens (including phenoxy) is 1. The lowest BCUT2D eigenvalue weighted by atomic mass is 10.0. The third-order valence-corrected chi connectivity index (χ3v) is 3.05. The van der Waals surface area contributed by atoms with Gasteiger partial charge in [0.2, 0.25) is 0 Å². The molecule has 0 aliphatic heterocycles. The molecule has 0 amide bonds. The van der Waals surface area contributed by atoms with Gasteiger partial charge < -0.3 is 4.74 Å². The van der Waals surface area contributed by atoms with Crippen molar-refractivity contribution in [3.05, 3.63) is 33.8 Å². The zero-order valence-electron chi connectivity index (χ0n) is 7.90. The minimum Gasteiger partial charge on any atom is -0.467 e. The Morgan fingerprint density at radius 3 is 3.07 bits per heavy atom. The van der Waals surface area contributed by atoms with Gasteiger partial charge in [0.1, 0.15) is 0 Å². The molecule has 1 aliphatic carbocycles. The maximum absolute atomic E-state index is 11.6. The van der Waals surface area contributed by atoms with Gasteiger partial charge in [0.05, 0.1) is 6.61 Å². The smallest absolute Gasteiger partial charge is 0.293 e. The molecule has 1 atom stereocenters. The molecule has 2 rings (SSSR count). The van der Waals surface area contributed by atoms with Crippen molar-refractivity contribution in [1.82, 2.24) is 0 Å². The number of carbonyl (C=O) groups excluding carboxylic acids is 2. The highest BCUT2D eigenvalue weighted by Crippen LogP contribution is 2.34. The maximum atomic E-state index is 11.6. The molecule has 0 spiro atoms. The molecule has 1 unspecified atom stereocenters. The van der Waals surface area contributed by atoms with Gasteiger partial charge in [-0.1, -0.05) is 22.0 Å². The molecule has 4 heteroatoms. The fourth-order valence-electron chi connectivity index (χ4n) is 1.87. The van der Waals surface area contributed by atoms with Crippen LogP contribution in [0.1, 0.15) is 28.3 Å². The molecule has 0 saturated carbocycles. The van der Waals surface area contributed by atoms with E-state index in [9.17, 15) is 9.59 Å². The minimum atomic E-state index is 0.0193. The van der Waals surface area contributed by atoms with E-state index >= 15 is 0 Å². The van der Waals surface area contributed by atoms with Gasteiger partial charge in [0.25, 0.3) is 6.47 Å². The lowest BCUT2D eigenvalue weighted by Gasteiger charge is -2.08. The second kappa shape index (κ2) is 4.14. The van der Waals surface area contributed by atoms with Crippen molar-refractivity contribution in [1.29, 1.82) is 0 Å². The van der Waals surface area contributed by atoms with E-state index in [1.165, 1.54) is 0 Å². The van der Waals surface area contributed by atoms with Crippen LogP contribution in [-0.2, 0) is 9.53 Å². The number of Topliss-reactive ketones (excluding diaryl/α,β-unsaturated/α-hetero) is 1. The van der Waals surface area contributed by atoms with Crippen molar-refractivity contribution in [3.63, 3.8) is 0 Å². The molecule has 0 heterocycles. The van der Waals surface area contributed by atoms with Crippen molar-refractivity contribution < 1.29 is 14.3 Å². The van der Waals surface area contributed by atoms with Gasteiger partial charge in [0.15, 0.2) is 5.78 Å². The normalized spacial score (nSPS) is 18.7. The molecular formula is C11H9BrO3. The molecule has 0 aromatic heterocycles. The van der Waals surface area contributed by atoms with Crippen LogP contribution in [0.25, 0.3) is 0 Å². The van der Waals surface area contributed by atoms with Gasteiger partial charge in [-0.15, -0.1) is 0 Å². The summed E-state index contributed by atoms with van der Waals surface area (Å²) < 4.78 is 5.60. The second-order valence-electron chi connectivity index (χ2n) is 3.49. The highest BCUT2D eigenvalue weighted by molar-refractivity contribution is 9.10. The van der Waals surface area contributed by atoms with E-state index in [1.807, 2.05) is 18.2 Å². The van der Waals surface area contributed by atoms with E-state index in [-0.39, 0.29) is 18.3 Å². The van der Waals surface area contributed by atoms with Crippen molar-refractivity contribution in [2.75, 3.05) is 6.61 Å². The molecule has 0 radical (unpaired) electrons. The van der Waals surface area contributed by atoms with Crippen LogP contribution in [0.5, 0.6) is 0 Å². The number of rotatable bonds is 3. The number of hydrogen-bond acceptors (Lipinski definition) is 3. The van der Waals surface area contributed by atoms with Gasteiger partial charge in [-0.05, 0) is 17.7 Å². The fraction of sp³-hybridized carbons (Fsp3) is 0.273. The van der Waals surface area contributed by atoms with Crippen molar-refractivity contribution in [3.8, 4) is 0 Å². The molecule has 0 N–H and O–H groups in total. The van der Waals surface area contributed by atoms with E-state index in [0.29, 0.717) is 12.9 Å². The lowest BCUT2D eigenvalue weighted by molar-refractivity contribution is -0.129. The summed E-state index contributed by atoms with van der Waals surface area (Å²) in [6, 6.07) is 5.62. The van der Waals surface area contributed by atoms with Gasteiger partial charge in [-0.2, -0.15) is 0 Å². The first kappa shape index (κ1) is 10.4. The number of halogens is 1. The summed E-state index contributed by atoms with van der Waals surface area (Å²) in [5.41, 5.74) is 1.72. The Morgan fingerprint density at radius 1 is 1.53 bits per heavy atom. The first-order valence-electron chi connectivity index (χ1n) is 4.60. The zero-order valence-corrected chi connectivity index (χ0v) is 9.49. The number of ketones is 1. The van der Waals surface area contributed by atoms with Gasteiger partial charge >= 0.3 is 0 Å². The Morgan fingerprint density at radius 2 is 2.33 bits per heavy atom. The summed E-state index contributed by atoms with van der Waals surface area (Å²) in [6.07, 6.45) is 0.430. The summed E-state index contributed by atoms with van der Waals surface area (Å²) in [5.74, 6) is 0.136. The number of benzene rings is 1. The molecule has 1 aromatic carbocycles. The molecule has 78 valence electrons. The summed E-state index contributed by atoms with van der Waals surface area (Å²) in [7, 11) is 0. The van der Waals surface area contributed by atoms with Crippen molar-refractivity contribution >= 4 is 28.2 Å². The van der Waals surface area contributed by atoms with Gasteiger partial charge in [-0.3, -0.25) is 9.59 Å². The van der Waals surface area contributed by atoms with Crippen molar-refractivity contribution in [2.45, 2.75) is 12.3 Å². The predicted octanol–water partition coefficient (Wildman–Crippen LogP) is 2.29. The largest absolute Gasteiger partial charge is 0.467 e. The van der Waals surface area contributed by atoms with Crippen LogP contribution in [0.15, 0.2) is 22.7 Å². The summed E-state index contributed by atoms with van der Waals surface area (Å²) in [4.78, 5) is 21.7. The summed E-state index contributed by atoms with van der Waals surface area (Å²) in [6.45, 7) is 0.700. The van der Waals surface area contributed by atoms with Gasteiger partial charge in [0, 0.05) is 22.4 Å². The average Bonchev–Trinajstić information content (AvgIpc) is 2.53. The molecule has 3 nitrogen and oxygen atoms in total. The van der Waals surface area contributed by atoms with E-state index in [4.69, 9.17) is 4.74 Å². The van der Waals surface area contributed by atoms with Crippen LogP contribution in [0.3, 0.4) is 0 Å². The second-order valence-corrected chi connectivity index (χ2v) is 4.40. The number of carbonyl (C=O) groups is 2. The van der Waals surface area contributed by atoms with E-state index in [0.717, 1.165) is 15.6 Å². The first-order chi connectivity index (χ1) is 7.22. The summed E-state index contributed by atoms with van der Waals surface area (Å²) in [5, 5.41) is 0. The topological polar surface area (TPSA) is 43.4 Å². The molecular weight excluding hydrogens is 260 g/mol. The van der Waals surface area contributed by atoms with E-state index in [2.05, 4.69) is 15.9 Å². The SMILES string of the molecule is O=COCC1CC(=O)c2cc(Br)ccc21. The highest BCUT2D eigenvalue weighted by atomic mass is 79.9. The molecule has 1 aromatic rings. The third-order valence-electron chi connectivity index (χ3n) is 2.55. The van der Waals surface area contributed by atoms with Crippen molar-refractivity contribution in [2.24, 2.45) is 0 Å². The molecule has 0 saturated heterocycles. The highest BCUT2D eigenvalue weighted by Gasteiger charge is 2.29. The molecule has 0 fully saturated rings. The van der Waals surface area contributed by atoms with Crippen LogP contribution >= 0.6 is 15.9 Å². The van der Waals surface area contributed by atoms with Crippen LogP contribution in [0, 0.1) is 0 Å². The molecule has 0 bridgehead atoms. The number of fused-ring (bicyclic) bond motifs is 1. The van der Waals surface area contributed by atoms with E-state index in [1.54, 1.807) is 0 Å². The fourth-order valence-corrected chi connectivity index (χ4v) is 2.23. The average molecular weight is 269 g/mol. The Labute approximate surface area is 95.6 Å². The standard InChI is InChI=1S/C11H9BrO3/c12-8-1-2-9-7(5-15-6-13)3-11(14)10(9)4-8/h1-2,4,6-7H,3,5H2. The van der Waals surface area contributed by atoms with E-state index < -0.39 is 0 Å². The first-order valence-corrected chi connectivity index (χ1v) is 5.39. The summed E-state index contributed by atoms with van der Waals surface area (Å²) >= 11 is 3.33. The van der Waals surface area contributed by atoms with Crippen LogP contribution in [0.4, 0.5) is 0 Å². The Kier molecular flexibility index (Phi) is 2.86. The van der Waals surface area contributed by atoms with Crippen LogP contribution in [0.2, 0.25) is 0 Å². The lowest BCUT2D eigenvalue weighted by Crippen LogP contribution is -2.03. The van der Waals surface area contributed by atoms with Crippen LogP contribution in [-0.4, -0.2) is 18.9 Å². The van der Waals surface area contributed by atoms with Gasteiger partial charge in [-0.25, -0.2) is 0 Å². The van der Waals surface area contributed by atoms with Crippen LogP contribution < -0.4 is 0 Å². The molecule has 15 heavy (non-hydrogen) atoms. The Bertz CT molecular complexity index is 414. The predicted molar refractivity (Wildman–Crippen MR) is 57.8 cm³/mol. The molecule has 1 aliphatic rings. The Hall–Kier alpha value is -1.16. The monoisotopic (exact) mass is 268 g/mol.